The average molecular weight is 491 g/mol. The van der Waals surface area contributed by atoms with Gasteiger partial charge in [-0.25, -0.2) is 14.8 Å². The van der Waals surface area contributed by atoms with Gasteiger partial charge in [0, 0.05) is 10.9 Å². The molecule has 0 saturated heterocycles. The number of nitrogens with zero attached hydrogens (tertiary/aromatic N) is 2. The Bertz CT molecular complexity index is 1040. The standard InChI is InChI=1S/C21H22FN5.HI/c1-13-5-10-18-17(11-13)16-3-2-4-19(20(16)25-18)26-27-21(23)24-12-14-6-8-15(22)9-7-14;/h5-11,25H,2-4,12H2,1H3,(H3,23,24,27);1H/b26-19-;. The van der Waals surface area contributed by atoms with Crippen molar-refractivity contribution in [1.29, 1.82) is 0 Å². The molecule has 0 unspecified atom stereocenters. The van der Waals surface area contributed by atoms with Gasteiger partial charge in [-0.2, -0.15) is 5.10 Å². The Hall–Kier alpha value is -2.42. The van der Waals surface area contributed by atoms with E-state index in [0.29, 0.717) is 6.54 Å². The maximum absolute atomic E-state index is 12.9. The summed E-state index contributed by atoms with van der Waals surface area (Å²) in [5.74, 6) is -0.0206. The van der Waals surface area contributed by atoms with Crippen molar-refractivity contribution in [2.75, 3.05) is 0 Å². The number of fused-ring (bicyclic) bond motifs is 3. The van der Waals surface area contributed by atoms with Gasteiger partial charge in [0.2, 0.25) is 5.96 Å². The van der Waals surface area contributed by atoms with Gasteiger partial charge < -0.3 is 10.7 Å². The van der Waals surface area contributed by atoms with Crippen LogP contribution < -0.4 is 11.2 Å². The van der Waals surface area contributed by atoms with E-state index in [1.165, 1.54) is 28.6 Å². The van der Waals surface area contributed by atoms with E-state index < -0.39 is 0 Å². The molecule has 0 bridgehead atoms. The van der Waals surface area contributed by atoms with Gasteiger partial charge in [-0.15, -0.1) is 24.0 Å². The van der Waals surface area contributed by atoms with Crippen LogP contribution in [0.2, 0.25) is 0 Å². The third kappa shape index (κ3) is 4.35. The van der Waals surface area contributed by atoms with Gasteiger partial charge in [-0.05, 0) is 61.6 Å². The van der Waals surface area contributed by atoms with Crippen molar-refractivity contribution in [2.45, 2.75) is 32.7 Å². The van der Waals surface area contributed by atoms with Crippen LogP contribution in [-0.4, -0.2) is 16.7 Å². The summed E-state index contributed by atoms with van der Waals surface area (Å²) in [6.45, 7) is 2.48. The largest absolute Gasteiger partial charge is 0.369 e. The Labute approximate surface area is 180 Å². The zero-order valence-electron chi connectivity index (χ0n) is 15.6. The summed E-state index contributed by atoms with van der Waals surface area (Å²) < 4.78 is 12.9. The maximum atomic E-state index is 12.9. The van der Waals surface area contributed by atoms with Crippen LogP contribution in [0.25, 0.3) is 10.9 Å². The van der Waals surface area contributed by atoms with E-state index in [0.717, 1.165) is 41.7 Å². The molecule has 1 aliphatic carbocycles. The van der Waals surface area contributed by atoms with Gasteiger partial charge in [0.15, 0.2) is 0 Å². The van der Waals surface area contributed by atoms with Crippen LogP contribution in [0.1, 0.15) is 35.2 Å². The number of aromatic nitrogens is 1. The van der Waals surface area contributed by atoms with Crippen LogP contribution in [0.3, 0.4) is 0 Å². The molecule has 5 nitrogen and oxygen atoms in total. The molecule has 0 atom stereocenters. The molecule has 7 heteroatoms. The van der Waals surface area contributed by atoms with Crippen LogP contribution in [0.5, 0.6) is 0 Å². The van der Waals surface area contributed by atoms with E-state index in [2.05, 4.69) is 45.6 Å². The number of halogens is 2. The first-order valence-corrected chi connectivity index (χ1v) is 9.08. The molecular formula is C21H23FIN5. The lowest BCUT2D eigenvalue weighted by Crippen LogP contribution is -2.29. The number of rotatable bonds is 3. The number of hydrazone groups is 1. The minimum absolute atomic E-state index is 0. The molecule has 28 heavy (non-hydrogen) atoms. The van der Waals surface area contributed by atoms with Crippen molar-refractivity contribution < 1.29 is 4.39 Å². The predicted molar refractivity (Wildman–Crippen MR) is 123 cm³/mol. The first kappa shape index (κ1) is 20.3. The van der Waals surface area contributed by atoms with Gasteiger partial charge >= 0.3 is 0 Å². The minimum atomic E-state index is -0.262. The third-order valence-electron chi connectivity index (χ3n) is 4.84. The summed E-state index contributed by atoms with van der Waals surface area (Å²) in [6, 6.07) is 12.7. The summed E-state index contributed by atoms with van der Waals surface area (Å²) in [5.41, 5.74) is 15.4. The Balaban J connectivity index is 0.00000225. The number of nitrogens with one attached hydrogen (secondary N) is 2. The topological polar surface area (TPSA) is 78.6 Å². The molecule has 2 aromatic carbocycles. The molecule has 146 valence electrons. The highest BCUT2D eigenvalue weighted by atomic mass is 127. The molecule has 0 aliphatic heterocycles. The number of benzene rings is 2. The zero-order chi connectivity index (χ0) is 18.8. The first-order valence-electron chi connectivity index (χ1n) is 9.08. The van der Waals surface area contributed by atoms with Crippen molar-refractivity contribution in [1.82, 2.24) is 10.4 Å². The summed E-state index contributed by atoms with van der Waals surface area (Å²) in [7, 11) is 0. The summed E-state index contributed by atoms with van der Waals surface area (Å²) >= 11 is 0. The minimum Gasteiger partial charge on any atom is -0.369 e. The van der Waals surface area contributed by atoms with Crippen molar-refractivity contribution in [3.63, 3.8) is 0 Å². The molecule has 4 N–H and O–H groups in total. The molecule has 0 radical (unpaired) electrons. The second-order valence-corrected chi connectivity index (χ2v) is 6.88. The van der Waals surface area contributed by atoms with E-state index in [9.17, 15) is 4.39 Å². The third-order valence-corrected chi connectivity index (χ3v) is 4.84. The normalized spacial score (nSPS) is 15.4. The van der Waals surface area contributed by atoms with Gasteiger partial charge in [-0.1, -0.05) is 23.8 Å². The van der Waals surface area contributed by atoms with Gasteiger partial charge in [0.1, 0.15) is 5.82 Å². The number of nitrogens with two attached hydrogens (primary N) is 1. The van der Waals surface area contributed by atoms with Gasteiger partial charge in [-0.3, -0.25) is 0 Å². The number of H-pyrrole nitrogens is 1. The summed E-state index contributed by atoms with van der Waals surface area (Å²) in [4.78, 5) is 7.76. The number of guanidine groups is 1. The lowest BCUT2D eigenvalue weighted by Gasteiger charge is -2.14. The lowest BCUT2D eigenvalue weighted by molar-refractivity contribution is 0.627. The average Bonchev–Trinajstić information content (AvgIpc) is 3.04. The molecule has 0 saturated carbocycles. The molecule has 0 fully saturated rings. The van der Waals surface area contributed by atoms with E-state index in [4.69, 9.17) is 5.73 Å². The molecule has 0 spiro atoms. The highest BCUT2D eigenvalue weighted by molar-refractivity contribution is 14.0. The number of hydrogen-bond acceptors (Lipinski definition) is 2. The second kappa shape index (κ2) is 8.72. The van der Waals surface area contributed by atoms with Crippen molar-refractivity contribution in [2.24, 2.45) is 15.8 Å². The Kier molecular flexibility index (Phi) is 6.33. The predicted octanol–water partition coefficient (Wildman–Crippen LogP) is 4.38. The molecule has 1 aliphatic rings. The van der Waals surface area contributed by atoms with Gasteiger partial charge in [0.05, 0.1) is 18.0 Å². The fraction of sp³-hybridized carbons (Fsp3) is 0.238. The maximum Gasteiger partial charge on any atom is 0.209 e. The molecule has 0 amide bonds. The number of aromatic amines is 1. The molecule has 1 aromatic heterocycles. The Morgan fingerprint density at radius 2 is 1.96 bits per heavy atom. The van der Waals surface area contributed by atoms with E-state index >= 15 is 0 Å². The second-order valence-electron chi connectivity index (χ2n) is 6.88. The quantitative estimate of drug-likeness (QED) is 0.220. The van der Waals surface area contributed by atoms with Crippen molar-refractivity contribution in [3.8, 4) is 0 Å². The highest BCUT2D eigenvalue weighted by Crippen LogP contribution is 2.29. The SMILES string of the molecule is Cc1ccc2[nH]c3c(c2c1)CCC/C3=N/NC(N)=NCc1ccc(F)cc1.I. The van der Waals surface area contributed by atoms with Crippen LogP contribution >= 0.6 is 24.0 Å². The first-order chi connectivity index (χ1) is 13.1. The fourth-order valence-electron chi connectivity index (χ4n) is 3.46. The smallest absolute Gasteiger partial charge is 0.209 e. The monoisotopic (exact) mass is 491 g/mol. The zero-order valence-corrected chi connectivity index (χ0v) is 18.0. The molecule has 1 heterocycles. The van der Waals surface area contributed by atoms with Crippen molar-refractivity contribution in [3.05, 3.63) is 70.7 Å². The summed E-state index contributed by atoms with van der Waals surface area (Å²) in [5, 5.41) is 5.76. The van der Waals surface area contributed by atoms with Crippen LogP contribution in [0.15, 0.2) is 52.6 Å². The Morgan fingerprint density at radius 3 is 2.75 bits per heavy atom. The molecular weight excluding hydrogens is 468 g/mol. The Morgan fingerprint density at radius 1 is 1.18 bits per heavy atom. The fourth-order valence-corrected chi connectivity index (χ4v) is 3.46. The number of aryl methyl sites for hydroxylation is 2. The van der Waals surface area contributed by atoms with Crippen LogP contribution in [0, 0.1) is 12.7 Å². The van der Waals surface area contributed by atoms with E-state index in [1.807, 2.05) is 0 Å². The van der Waals surface area contributed by atoms with Crippen LogP contribution in [-0.2, 0) is 13.0 Å². The molecule has 3 aromatic rings. The van der Waals surface area contributed by atoms with E-state index in [-0.39, 0.29) is 35.8 Å². The van der Waals surface area contributed by atoms with Crippen molar-refractivity contribution >= 4 is 46.6 Å². The highest BCUT2D eigenvalue weighted by Gasteiger charge is 2.20. The van der Waals surface area contributed by atoms with Crippen LogP contribution in [0.4, 0.5) is 4.39 Å². The number of hydrogen-bond donors (Lipinski definition) is 3. The molecule has 4 rings (SSSR count). The number of aliphatic imine (C=N–C) groups is 1. The lowest BCUT2D eigenvalue weighted by atomic mass is 9.94. The van der Waals surface area contributed by atoms with Gasteiger partial charge in [0.25, 0.3) is 0 Å². The summed E-state index contributed by atoms with van der Waals surface area (Å²) in [6.07, 6.45) is 2.99. The van der Waals surface area contributed by atoms with E-state index in [1.54, 1.807) is 12.1 Å².